The summed E-state index contributed by atoms with van der Waals surface area (Å²) in [6, 6.07) is 0. The molecular formula is C12H21N3OS. The van der Waals surface area contributed by atoms with Crippen molar-refractivity contribution in [3.05, 3.63) is 18.0 Å². The predicted octanol–water partition coefficient (Wildman–Crippen LogP) is 1.84. The molecule has 0 fully saturated rings. The molecule has 4 nitrogen and oxygen atoms in total. The first-order valence-corrected chi connectivity index (χ1v) is 7.10. The molecule has 1 aromatic heterocycles. The van der Waals surface area contributed by atoms with Crippen molar-refractivity contribution in [3.63, 3.8) is 0 Å². The maximum Gasteiger partial charge on any atom is 0.187 e. The summed E-state index contributed by atoms with van der Waals surface area (Å²) in [6.45, 7) is 4.18. The van der Waals surface area contributed by atoms with E-state index in [1.54, 1.807) is 11.8 Å². The maximum absolute atomic E-state index is 8.63. The van der Waals surface area contributed by atoms with Crippen molar-refractivity contribution < 1.29 is 5.11 Å². The minimum atomic E-state index is 0.296. The second-order valence-corrected chi connectivity index (χ2v) is 5.00. The predicted molar refractivity (Wildman–Crippen MR) is 71.1 cm³/mol. The highest BCUT2D eigenvalue weighted by molar-refractivity contribution is 7.99. The van der Waals surface area contributed by atoms with Crippen LogP contribution in [0.2, 0.25) is 0 Å². The van der Waals surface area contributed by atoms with E-state index in [0.717, 1.165) is 48.8 Å². The van der Waals surface area contributed by atoms with Gasteiger partial charge in [0.15, 0.2) is 5.16 Å². The summed E-state index contributed by atoms with van der Waals surface area (Å²) in [5.74, 6) is 1.00. The van der Waals surface area contributed by atoms with E-state index in [4.69, 9.17) is 5.11 Å². The quantitative estimate of drug-likeness (QED) is 0.400. The average molecular weight is 255 g/mol. The third-order valence-electron chi connectivity index (χ3n) is 2.30. The van der Waals surface area contributed by atoms with Crippen molar-refractivity contribution in [3.8, 4) is 0 Å². The summed E-state index contributed by atoms with van der Waals surface area (Å²) in [5, 5.41) is 12.8. The van der Waals surface area contributed by atoms with Gasteiger partial charge in [-0.05, 0) is 31.6 Å². The SMILES string of the molecule is CCSc1ncc(CNCCCCCO)cn1. The van der Waals surface area contributed by atoms with Crippen LogP contribution in [-0.2, 0) is 6.54 Å². The number of aliphatic hydroxyl groups excluding tert-OH is 1. The lowest BCUT2D eigenvalue weighted by molar-refractivity contribution is 0.283. The van der Waals surface area contributed by atoms with Gasteiger partial charge in [0.1, 0.15) is 0 Å². The zero-order chi connectivity index (χ0) is 12.3. The first kappa shape index (κ1) is 14.4. The van der Waals surface area contributed by atoms with E-state index in [-0.39, 0.29) is 0 Å². The topological polar surface area (TPSA) is 58.0 Å². The van der Waals surface area contributed by atoms with Crippen LogP contribution in [0.25, 0.3) is 0 Å². The van der Waals surface area contributed by atoms with E-state index in [9.17, 15) is 0 Å². The summed E-state index contributed by atoms with van der Waals surface area (Å²) in [5.41, 5.74) is 1.12. The Hall–Kier alpha value is -0.650. The monoisotopic (exact) mass is 255 g/mol. The van der Waals surface area contributed by atoms with Crippen LogP contribution in [0.3, 0.4) is 0 Å². The molecule has 5 heteroatoms. The molecule has 0 aliphatic rings. The second kappa shape index (κ2) is 9.39. The first-order chi connectivity index (χ1) is 8.36. The molecule has 2 N–H and O–H groups in total. The van der Waals surface area contributed by atoms with Gasteiger partial charge in [0.25, 0.3) is 0 Å². The summed E-state index contributed by atoms with van der Waals surface area (Å²) in [4.78, 5) is 8.55. The lowest BCUT2D eigenvalue weighted by Gasteiger charge is -2.04. The Kier molecular flexibility index (Phi) is 7.96. The molecule has 0 aliphatic carbocycles. The van der Waals surface area contributed by atoms with Gasteiger partial charge in [-0.25, -0.2) is 9.97 Å². The minimum Gasteiger partial charge on any atom is -0.396 e. The molecule has 0 amide bonds. The van der Waals surface area contributed by atoms with E-state index in [2.05, 4.69) is 22.2 Å². The number of hydrogen-bond acceptors (Lipinski definition) is 5. The van der Waals surface area contributed by atoms with Crippen molar-refractivity contribution in [1.29, 1.82) is 0 Å². The zero-order valence-electron chi connectivity index (χ0n) is 10.4. The zero-order valence-corrected chi connectivity index (χ0v) is 11.2. The van der Waals surface area contributed by atoms with E-state index in [0.29, 0.717) is 6.61 Å². The number of rotatable bonds is 9. The number of thioether (sulfide) groups is 1. The fourth-order valence-corrected chi connectivity index (χ4v) is 1.92. The van der Waals surface area contributed by atoms with Gasteiger partial charge >= 0.3 is 0 Å². The highest BCUT2D eigenvalue weighted by Crippen LogP contribution is 2.10. The Bertz CT molecular complexity index is 292. The molecule has 1 aromatic rings. The van der Waals surface area contributed by atoms with Crippen molar-refractivity contribution in [2.24, 2.45) is 0 Å². The maximum atomic E-state index is 8.63. The van der Waals surface area contributed by atoms with Crippen LogP contribution in [0.15, 0.2) is 17.6 Å². The Morgan fingerprint density at radius 3 is 2.65 bits per heavy atom. The Morgan fingerprint density at radius 2 is 2.00 bits per heavy atom. The fourth-order valence-electron chi connectivity index (χ4n) is 1.41. The van der Waals surface area contributed by atoms with Gasteiger partial charge in [-0.2, -0.15) is 0 Å². The smallest absolute Gasteiger partial charge is 0.187 e. The van der Waals surface area contributed by atoms with Gasteiger partial charge in [0, 0.05) is 31.1 Å². The number of nitrogens with one attached hydrogen (secondary N) is 1. The molecule has 0 bridgehead atoms. The third-order valence-corrected chi connectivity index (χ3v) is 3.05. The van der Waals surface area contributed by atoms with Gasteiger partial charge in [-0.15, -0.1) is 0 Å². The molecule has 0 saturated carbocycles. The number of aliphatic hydroxyl groups is 1. The van der Waals surface area contributed by atoms with Gasteiger partial charge < -0.3 is 10.4 Å². The van der Waals surface area contributed by atoms with Crippen LogP contribution >= 0.6 is 11.8 Å². The summed E-state index contributed by atoms with van der Waals surface area (Å²) in [6.07, 6.45) is 6.84. The van der Waals surface area contributed by atoms with Gasteiger partial charge in [-0.3, -0.25) is 0 Å². The van der Waals surface area contributed by atoms with E-state index < -0.39 is 0 Å². The molecule has 1 rings (SSSR count). The van der Waals surface area contributed by atoms with Crippen molar-refractivity contribution >= 4 is 11.8 Å². The number of hydrogen-bond donors (Lipinski definition) is 2. The van der Waals surface area contributed by atoms with Crippen molar-refractivity contribution in [2.75, 3.05) is 18.9 Å². The molecule has 0 unspecified atom stereocenters. The van der Waals surface area contributed by atoms with Gasteiger partial charge in [0.05, 0.1) is 0 Å². The average Bonchev–Trinajstić information content (AvgIpc) is 2.36. The van der Waals surface area contributed by atoms with Crippen molar-refractivity contribution in [1.82, 2.24) is 15.3 Å². The van der Waals surface area contributed by atoms with E-state index in [1.165, 1.54) is 0 Å². The van der Waals surface area contributed by atoms with Crippen LogP contribution in [0.4, 0.5) is 0 Å². The van der Waals surface area contributed by atoms with E-state index in [1.807, 2.05) is 12.4 Å². The summed E-state index contributed by atoms with van der Waals surface area (Å²) < 4.78 is 0. The summed E-state index contributed by atoms with van der Waals surface area (Å²) >= 11 is 1.66. The van der Waals surface area contributed by atoms with Crippen LogP contribution < -0.4 is 5.32 Å². The Balaban J connectivity index is 2.14. The molecular weight excluding hydrogens is 234 g/mol. The van der Waals surface area contributed by atoms with Crippen LogP contribution in [0.5, 0.6) is 0 Å². The lowest BCUT2D eigenvalue weighted by Crippen LogP contribution is -2.15. The lowest BCUT2D eigenvalue weighted by atomic mass is 10.2. The van der Waals surface area contributed by atoms with Crippen LogP contribution in [0, 0.1) is 0 Å². The Labute approximate surface area is 107 Å². The summed E-state index contributed by atoms with van der Waals surface area (Å²) in [7, 11) is 0. The number of unbranched alkanes of at least 4 members (excludes halogenated alkanes) is 2. The Morgan fingerprint density at radius 1 is 1.24 bits per heavy atom. The molecule has 0 spiro atoms. The fraction of sp³-hybridized carbons (Fsp3) is 0.667. The first-order valence-electron chi connectivity index (χ1n) is 6.12. The minimum absolute atomic E-state index is 0.296. The van der Waals surface area contributed by atoms with E-state index >= 15 is 0 Å². The molecule has 1 heterocycles. The molecule has 17 heavy (non-hydrogen) atoms. The third kappa shape index (κ3) is 6.61. The molecule has 0 aromatic carbocycles. The van der Waals surface area contributed by atoms with Crippen LogP contribution in [-0.4, -0.2) is 34.0 Å². The second-order valence-electron chi connectivity index (χ2n) is 3.77. The molecule has 96 valence electrons. The largest absolute Gasteiger partial charge is 0.396 e. The molecule has 0 radical (unpaired) electrons. The highest BCUT2D eigenvalue weighted by atomic mass is 32.2. The van der Waals surface area contributed by atoms with Gasteiger partial charge in [0.2, 0.25) is 0 Å². The standard InChI is InChI=1S/C12H21N3OS/c1-2-17-12-14-9-11(10-15-12)8-13-6-4-3-5-7-16/h9-10,13,16H,2-8H2,1H3. The van der Waals surface area contributed by atoms with Crippen LogP contribution in [0.1, 0.15) is 31.7 Å². The number of nitrogens with zero attached hydrogens (tertiary/aromatic N) is 2. The molecule has 0 atom stereocenters. The normalized spacial score (nSPS) is 10.7. The van der Waals surface area contributed by atoms with Gasteiger partial charge in [-0.1, -0.05) is 18.7 Å². The number of aromatic nitrogens is 2. The highest BCUT2D eigenvalue weighted by Gasteiger charge is 1.97. The molecule has 0 saturated heterocycles. The molecule has 0 aliphatic heterocycles. The van der Waals surface area contributed by atoms with Crippen molar-refractivity contribution in [2.45, 2.75) is 37.9 Å².